The molecule has 2 rings (SSSR count). The van der Waals surface area contributed by atoms with E-state index in [0.717, 1.165) is 0 Å². The van der Waals surface area contributed by atoms with Gasteiger partial charge in [-0.15, -0.1) is 0 Å². The Bertz CT molecular complexity index is 625. The van der Waals surface area contributed by atoms with Crippen LogP contribution in [0, 0.1) is 0 Å². The number of nitrogens with zero attached hydrogens (tertiary/aromatic N) is 2. The molecule has 0 aliphatic heterocycles. The summed E-state index contributed by atoms with van der Waals surface area (Å²) in [6.45, 7) is 0. The smallest absolute Gasteiger partial charge is 0.340 e. The molecule has 3 N–H and O–H groups in total. The Morgan fingerprint density at radius 3 is 2.94 bits per heavy atom. The molecule has 7 nitrogen and oxygen atoms in total. The Hall–Kier alpha value is -2.31. The van der Waals surface area contributed by atoms with Gasteiger partial charge in [0.05, 0.1) is 18.1 Å². The number of hydrogen-bond acceptors (Lipinski definition) is 5. The van der Waals surface area contributed by atoms with Crippen molar-refractivity contribution < 1.29 is 9.53 Å². The molecule has 0 aliphatic rings. The van der Waals surface area contributed by atoms with Crippen molar-refractivity contribution in [3.05, 3.63) is 22.1 Å². The first-order valence-electron chi connectivity index (χ1n) is 4.48. The van der Waals surface area contributed by atoms with Crippen molar-refractivity contribution in [2.75, 3.05) is 12.8 Å². The van der Waals surface area contributed by atoms with E-state index in [9.17, 15) is 9.59 Å². The third-order valence-electron chi connectivity index (χ3n) is 2.35. The SMILES string of the molecule is COC(=O)c1c[nH]c2nc(N)n(C)c(=O)c12. The lowest BCUT2D eigenvalue weighted by Gasteiger charge is -2.02. The highest BCUT2D eigenvalue weighted by molar-refractivity contribution is 6.02. The summed E-state index contributed by atoms with van der Waals surface area (Å²) >= 11 is 0. The summed E-state index contributed by atoms with van der Waals surface area (Å²) in [5.41, 5.74) is 5.57. The molecule has 2 aromatic rings. The number of nitrogens with one attached hydrogen (secondary N) is 1. The van der Waals surface area contributed by atoms with E-state index in [2.05, 4.69) is 14.7 Å². The molecule has 84 valence electrons. The third kappa shape index (κ3) is 1.25. The number of carbonyl (C=O) groups excluding carboxylic acids is 1. The van der Waals surface area contributed by atoms with Crippen LogP contribution in [0.2, 0.25) is 0 Å². The van der Waals surface area contributed by atoms with Gasteiger partial charge in [0.15, 0.2) is 0 Å². The first kappa shape index (κ1) is 10.2. The summed E-state index contributed by atoms with van der Waals surface area (Å²) in [5.74, 6) is -0.509. The van der Waals surface area contributed by atoms with Gasteiger partial charge in [-0.25, -0.2) is 4.79 Å². The van der Waals surface area contributed by atoms with Gasteiger partial charge in [-0.1, -0.05) is 0 Å². The third-order valence-corrected chi connectivity index (χ3v) is 2.35. The minimum atomic E-state index is -0.588. The number of methoxy groups -OCH3 is 1. The zero-order valence-electron chi connectivity index (χ0n) is 8.77. The van der Waals surface area contributed by atoms with Crippen LogP contribution in [-0.4, -0.2) is 27.6 Å². The Labute approximate surface area is 89.8 Å². The van der Waals surface area contributed by atoms with E-state index in [1.54, 1.807) is 0 Å². The normalized spacial score (nSPS) is 10.6. The van der Waals surface area contributed by atoms with Crippen molar-refractivity contribution >= 4 is 23.0 Å². The molecule has 0 spiro atoms. The van der Waals surface area contributed by atoms with Gasteiger partial charge < -0.3 is 15.5 Å². The summed E-state index contributed by atoms with van der Waals surface area (Å²) in [6.07, 6.45) is 1.38. The van der Waals surface area contributed by atoms with Gasteiger partial charge in [0.2, 0.25) is 5.95 Å². The lowest BCUT2D eigenvalue weighted by molar-refractivity contribution is 0.0603. The molecule has 0 aromatic carbocycles. The number of anilines is 1. The van der Waals surface area contributed by atoms with E-state index in [4.69, 9.17) is 5.73 Å². The fourth-order valence-corrected chi connectivity index (χ4v) is 1.45. The predicted molar refractivity (Wildman–Crippen MR) is 57.1 cm³/mol. The number of aromatic nitrogens is 3. The molecule has 16 heavy (non-hydrogen) atoms. The van der Waals surface area contributed by atoms with E-state index >= 15 is 0 Å². The van der Waals surface area contributed by atoms with Crippen molar-refractivity contribution in [1.82, 2.24) is 14.5 Å². The highest BCUT2D eigenvalue weighted by atomic mass is 16.5. The second kappa shape index (κ2) is 3.37. The second-order valence-corrected chi connectivity index (χ2v) is 3.25. The lowest BCUT2D eigenvalue weighted by Crippen LogP contribution is -2.22. The fourth-order valence-electron chi connectivity index (χ4n) is 1.45. The number of esters is 1. The van der Waals surface area contributed by atoms with Gasteiger partial charge in [0, 0.05) is 13.2 Å². The van der Waals surface area contributed by atoms with Gasteiger partial charge in [0.1, 0.15) is 5.65 Å². The van der Waals surface area contributed by atoms with Crippen molar-refractivity contribution in [3.63, 3.8) is 0 Å². The number of rotatable bonds is 1. The van der Waals surface area contributed by atoms with Crippen LogP contribution in [-0.2, 0) is 11.8 Å². The average molecular weight is 222 g/mol. The molecular weight excluding hydrogens is 212 g/mol. The average Bonchev–Trinajstić information content (AvgIpc) is 2.68. The van der Waals surface area contributed by atoms with Crippen LogP contribution in [0.4, 0.5) is 5.95 Å². The number of carbonyl (C=O) groups is 1. The van der Waals surface area contributed by atoms with Crippen LogP contribution < -0.4 is 11.3 Å². The van der Waals surface area contributed by atoms with Crippen molar-refractivity contribution in [2.45, 2.75) is 0 Å². The number of nitrogen functional groups attached to an aromatic ring is 1. The van der Waals surface area contributed by atoms with Crippen LogP contribution in [0.15, 0.2) is 11.0 Å². The number of fused-ring (bicyclic) bond motifs is 1. The first-order chi connectivity index (χ1) is 7.56. The minimum absolute atomic E-state index is 0.0794. The van der Waals surface area contributed by atoms with Gasteiger partial charge in [0.25, 0.3) is 5.56 Å². The second-order valence-electron chi connectivity index (χ2n) is 3.25. The Balaban J connectivity index is 2.87. The molecule has 0 atom stereocenters. The molecule has 2 aromatic heterocycles. The maximum Gasteiger partial charge on any atom is 0.340 e. The monoisotopic (exact) mass is 222 g/mol. The topological polar surface area (TPSA) is 103 Å². The molecule has 7 heteroatoms. The molecule has 0 saturated carbocycles. The molecule has 0 aliphatic carbocycles. The molecular formula is C9H10N4O3. The van der Waals surface area contributed by atoms with Gasteiger partial charge in [-0.05, 0) is 0 Å². The van der Waals surface area contributed by atoms with E-state index in [0.29, 0.717) is 0 Å². The molecule has 2 heterocycles. The highest BCUT2D eigenvalue weighted by Crippen LogP contribution is 2.14. The van der Waals surface area contributed by atoms with E-state index in [1.165, 1.54) is 24.9 Å². The summed E-state index contributed by atoms with van der Waals surface area (Å²) < 4.78 is 5.73. The molecule has 0 saturated heterocycles. The number of ether oxygens (including phenoxy) is 1. The lowest BCUT2D eigenvalue weighted by atomic mass is 10.2. The minimum Gasteiger partial charge on any atom is -0.465 e. The summed E-state index contributed by atoms with van der Waals surface area (Å²) in [4.78, 5) is 29.9. The van der Waals surface area contributed by atoms with Gasteiger partial charge in [-0.2, -0.15) is 4.98 Å². The predicted octanol–water partition coefficient (Wildman–Crippen LogP) is -0.370. The largest absolute Gasteiger partial charge is 0.465 e. The highest BCUT2D eigenvalue weighted by Gasteiger charge is 2.17. The number of hydrogen-bond donors (Lipinski definition) is 2. The van der Waals surface area contributed by atoms with Crippen LogP contribution in [0.3, 0.4) is 0 Å². The summed E-state index contributed by atoms with van der Waals surface area (Å²) in [5, 5.41) is 0.184. The number of nitrogens with two attached hydrogens (primary N) is 1. The zero-order chi connectivity index (χ0) is 11.9. The maximum absolute atomic E-state index is 11.9. The fraction of sp³-hybridized carbons (Fsp3) is 0.222. The summed E-state index contributed by atoms with van der Waals surface area (Å²) in [7, 11) is 2.73. The first-order valence-corrected chi connectivity index (χ1v) is 4.48. The van der Waals surface area contributed by atoms with Crippen molar-refractivity contribution in [2.24, 2.45) is 7.05 Å². The molecule has 0 fully saturated rings. The molecule has 0 radical (unpaired) electrons. The van der Waals surface area contributed by atoms with Crippen molar-refractivity contribution in [3.8, 4) is 0 Å². The Morgan fingerprint density at radius 1 is 1.62 bits per heavy atom. The standard InChI is InChI=1S/C9H10N4O3/c1-13-7(14)5-4(8(15)16-2)3-11-6(5)12-9(13)10/h3,11H,1-2H3,(H2,10,12). The van der Waals surface area contributed by atoms with E-state index in [1.807, 2.05) is 0 Å². The molecule has 0 amide bonds. The Morgan fingerprint density at radius 2 is 2.31 bits per heavy atom. The molecule has 0 bridgehead atoms. The molecule has 0 unspecified atom stereocenters. The van der Waals surface area contributed by atoms with Crippen LogP contribution in [0.25, 0.3) is 11.0 Å². The maximum atomic E-state index is 11.9. The van der Waals surface area contributed by atoms with Gasteiger partial charge >= 0.3 is 5.97 Å². The van der Waals surface area contributed by atoms with Crippen molar-refractivity contribution in [1.29, 1.82) is 0 Å². The van der Waals surface area contributed by atoms with Crippen LogP contribution >= 0.6 is 0 Å². The van der Waals surface area contributed by atoms with Crippen LogP contribution in [0.1, 0.15) is 10.4 Å². The van der Waals surface area contributed by atoms with Gasteiger partial charge in [-0.3, -0.25) is 9.36 Å². The van der Waals surface area contributed by atoms with E-state index < -0.39 is 5.97 Å². The Kier molecular flexibility index (Phi) is 2.15. The number of aromatic amines is 1. The quantitative estimate of drug-likeness (QED) is 0.641. The van der Waals surface area contributed by atoms with E-state index in [-0.39, 0.29) is 28.1 Å². The number of H-pyrrole nitrogens is 1. The zero-order valence-corrected chi connectivity index (χ0v) is 8.77. The summed E-state index contributed by atoms with van der Waals surface area (Å²) in [6, 6.07) is 0. The van der Waals surface area contributed by atoms with Crippen LogP contribution in [0.5, 0.6) is 0 Å².